The predicted molar refractivity (Wildman–Crippen MR) is 67.1 cm³/mol. The normalized spacial score (nSPS) is 21.1. The van der Waals surface area contributed by atoms with Crippen LogP contribution >= 0.6 is 0 Å². The summed E-state index contributed by atoms with van der Waals surface area (Å²) in [6, 6.07) is 5.58. The van der Waals surface area contributed by atoms with Crippen molar-refractivity contribution in [2.75, 3.05) is 6.61 Å². The molecule has 1 N–H and O–H groups in total. The number of carbonyl (C=O) groups excluding carboxylic acids is 1. The third-order valence-electron chi connectivity index (χ3n) is 3.13. The number of ether oxygens (including phenoxy) is 1. The Bertz CT molecular complexity index is 581. The summed E-state index contributed by atoms with van der Waals surface area (Å²) in [6.45, 7) is 2.22. The van der Waals surface area contributed by atoms with Crippen LogP contribution in [0.25, 0.3) is 11.5 Å². The standard InChI is InChI=1S/C13H14N4O2/c1-2-19-13(18)9-7-8(9)11-15-12(17-16-11)10-5-3-4-6-14-10/h3-6,8-9H,2,7H2,1H3,(H,15,16,17)/t8-,9-/m1/s1. The first-order chi connectivity index (χ1) is 9.29. The molecule has 0 radical (unpaired) electrons. The van der Waals surface area contributed by atoms with E-state index in [1.807, 2.05) is 25.1 Å². The highest BCUT2D eigenvalue weighted by Crippen LogP contribution is 2.46. The number of aromatic amines is 1. The first-order valence-electron chi connectivity index (χ1n) is 6.30. The highest BCUT2D eigenvalue weighted by Gasteiger charge is 2.47. The molecule has 2 aromatic heterocycles. The molecule has 0 spiro atoms. The van der Waals surface area contributed by atoms with Gasteiger partial charge in [0.25, 0.3) is 0 Å². The third-order valence-corrected chi connectivity index (χ3v) is 3.13. The van der Waals surface area contributed by atoms with Gasteiger partial charge in [0.2, 0.25) is 0 Å². The SMILES string of the molecule is CCOC(=O)[C@@H]1C[C@H]1c1nc(-c2ccccn2)n[nH]1. The lowest BCUT2D eigenvalue weighted by molar-refractivity contribution is -0.144. The van der Waals surface area contributed by atoms with Gasteiger partial charge in [0, 0.05) is 12.1 Å². The molecule has 19 heavy (non-hydrogen) atoms. The van der Waals surface area contributed by atoms with Gasteiger partial charge < -0.3 is 4.74 Å². The molecule has 0 bridgehead atoms. The lowest BCUT2D eigenvalue weighted by Crippen LogP contribution is -2.07. The predicted octanol–water partition coefficient (Wildman–Crippen LogP) is 1.53. The van der Waals surface area contributed by atoms with E-state index in [4.69, 9.17) is 4.74 Å². The summed E-state index contributed by atoms with van der Waals surface area (Å²) in [5.41, 5.74) is 0.721. The van der Waals surface area contributed by atoms with Gasteiger partial charge in [-0.25, -0.2) is 4.98 Å². The first-order valence-corrected chi connectivity index (χ1v) is 6.30. The van der Waals surface area contributed by atoms with Crippen LogP contribution in [0.5, 0.6) is 0 Å². The van der Waals surface area contributed by atoms with Crippen molar-refractivity contribution in [3.8, 4) is 11.5 Å². The summed E-state index contributed by atoms with van der Waals surface area (Å²) in [7, 11) is 0. The maximum absolute atomic E-state index is 11.6. The molecule has 6 nitrogen and oxygen atoms in total. The number of aromatic nitrogens is 4. The Morgan fingerprint density at radius 1 is 1.53 bits per heavy atom. The molecule has 0 saturated heterocycles. The lowest BCUT2D eigenvalue weighted by atomic mass is 10.3. The number of pyridine rings is 1. The molecule has 2 atom stereocenters. The highest BCUT2D eigenvalue weighted by molar-refractivity contribution is 5.77. The van der Waals surface area contributed by atoms with Gasteiger partial charge in [-0.3, -0.25) is 14.9 Å². The zero-order valence-corrected chi connectivity index (χ0v) is 10.5. The zero-order chi connectivity index (χ0) is 13.2. The Balaban J connectivity index is 1.72. The number of nitrogens with one attached hydrogen (secondary N) is 1. The fourth-order valence-corrected chi connectivity index (χ4v) is 2.06. The van der Waals surface area contributed by atoms with E-state index < -0.39 is 0 Å². The van der Waals surface area contributed by atoms with Crippen LogP contribution < -0.4 is 0 Å². The molecule has 0 aromatic carbocycles. The van der Waals surface area contributed by atoms with E-state index in [0.717, 1.165) is 17.9 Å². The van der Waals surface area contributed by atoms with Crippen molar-refractivity contribution in [2.45, 2.75) is 19.3 Å². The molecule has 2 heterocycles. The van der Waals surface area contributed by atoms with E-state index in [2.05, 4.69) is 20.2 Å². The van der Waals surface area contributed by atoms with Crippen molar-refractivity contribution in [3.05, 3.63) is 30.2 Å². The van der Waals surface area contributed by atoms with Gasteiger partial charge in [0.05, 0.1) is 12.5 Å². The van der Waals surface area contributed by atoms with Crippen LogP contribution in [0.3, 0.4) is 0 Å². The van der Waals surface area contributed by atoms with Gasteiger partial charge in [-0.2, -0.15) is 5.10 Å². The molecule has 0 unspecified atom stereocenters. The number of esters is 1. The minimum atomic E-state index is -0.150. The summed E-state index contributed by atoms with van der Waals surface area (Å²) in [5.74, 6) is 1.17. The molecule has 3 rings (SSSR count). The largest absolute Gasteiger partial charge is 0.466 e. The maximum Gasteiger partial charge on any atom is 0.309 e. The molecule has 1 aliphatic rings. The Labute approximate surface area is 110 Å². The molecule has 0 amide bonds. The van der Waals surface area contributed by atoms with Crippen LogP contribution in [-0.2, 0) is 9.53 Å². The number of H-pyrrole nitrogens is 1. The summed E-state index contributed by atoms with van der Waals surface area (Å²) in [4.78, 5) is 20.2. The van der Waals surface area contributed by atoms with Crippen molar-refractivity contribution in [2.24, 2.45) is 5.92 Å². The maximum atomic E-state index is 11.6. The number of hydrogen-bond donors (Lipinski definition) is 1. The topological polar surface area (TPSA) is 80.8 Å². The molecule has 2 aromatic rings. The molecule has 6 heteroatoms. The van der Waals surface area contributed by atoms with Crippen molar-refractivity contribution < 1.29 is 9.53 Å². The summed E-state index contributed by atoms with van der Waals surface area (Å²) in [5, 5.41) is 7.02. The summed E-state index contributed by atoms with van der Waals surface area (Å²) in [6.07, 6.45) is 2.47. The van der Waals surface area contributed by atoms with Crippen LogP contribution in [0, 0.1) is 5.92 Å². The van der Waals surface area contributed by atoms with Gasteiger partial charge in [0.1, 0.15) is 11.5 Å². The average Bonchev–Trinajstić information content (AvgIpc) is 3.10. The van der Waals surface area contributed by atoms with Gasteiger partial charge >= 0.3 is 5.97 Å². The van der Waals surface area contributed by atoms with Crippen molar-refractivity contribution >= 4 is 5.97 Å². The van der Waals surface area contributed by atoms with Crippen molar-refractivity contribution in [1.82, 2.24) is 20.2 Å². The second-order valence-electron chi connectivity index (χ2n) is 4.46. The minimum Gasteiger partial charge on any atom is -0.466 e. The molecule has 1 saturated carbocycles. The van der Waals surface area contributed by atoms with Crippen molar-refractivity contribution in [1.29, 1.82) is 0 Å². The van der Waals surface area contributed by atoms with Gasteiger partial charge in [-0.15, -0.1) is 0 Å². The van der Waals surface area contributed by atoms with E-state index in [9.17, 15) is 4.79 Å². The zero-order valence-electron chi connectivity index (χ0n) is 10.5. The molecule has 98 valence electrons. The fourth-order valence-electron chi connectivity index (χ4n) is 2.06. The lowest BCUT2D eigenvalue weighted by Gasteiger charge is -1.98. The highest BCUT2D eigenvalue weighted by atomic mass is 16.5. The monoisotopic (exact) mass is 258 g/mol. The quantitative estimate of drug-likeness (QED) is 0.841. The fraction of sp³-hybridized carbons (Fsp3) is 0.385. The number of rotatable bonds is 4. The third kappa shape index (κ3) is 2.33. The Morgan fingerprint density at radius 3 is 3.16 bits per heavy atom. The summed E-state index contributed by atoms with van der Waals surface area (Å²) >= 11 is 0. The second kappa shape index (κ2) is 4.79. The van der Waals surface area contributed by atoms with Crippen molar-refractivity contribution in [3.63, 3.8) is 0 Å². The average molecular weight is 258 g/mol. The molecular weight excluding hydrogens is 244 g/mol. The molecule has 1 aliphatic carbocycles. The second-order valence-corrected chi connectivity index (χ2v) is 4.46. The van der Waals surface area contributed by atoms with E-state index in [0.29, 0.717) is 12.4 Å². The van der Waals surface area contributed by atoms with Crippen LogP contribution in [-0.4, -0.2) is 32.7 Å². The number of nitrogens with zero attached hydrogens (tertiary/aromatic N) is 3. The van der Waals surface area contributed by atoms with Crippen LogP contribution in [0.2, 0.25) is 0 Å². The molecule has 0 aliphatic heterocycles. The number of hydrogen-bond acceptors (Lipinski definition) is 5. The molecule has 1 fully saturated rings. The van der Waals surface area contributed by atoms with E-state index in [1.165, 1.54) is 0 Å². The Kier molecular flexibility index (Phi) is 2.98. The molecular formula is C13H14N4O2. The smallest absolute Gasteiger partial charge is 0.309 e. The Hall–Kier alpha value is -2.24. The van der Waals surface area contributed by atoms with Crippen LogP contribution in [0.4, 0.5) is 0 Å². The van der Waals surface area contributed by atoms with Crippen LogP contribution in [0.1, 0.15) is 25.1 Å². The van der Waals surface area contributed by atoms with Crippen LogP contribution in [0.15, 0.2) is 24.4 Å². The Morgan fingerprint density at radius 2 is 2.42 bits per heavy atom. The summed E-state index contributed by atoms with van der Waals surface area (Å²) < 4.78 is 5.00. The van der Waals surface area contributed by atoms with E-state index >= 15 is 0 Å². The van der Waals surface area contributed by atoms with E-state index in [-0.39, 0.29) is 17.8 Å². The van der Waals surface area contributed by atoms with Gasteiger partial charge in [-0.1, -0.05) is 6.07 Å². The number of carbonyl (C=O) groups is 1. The van der Waals surface area contributed by atoms with Gasteiger partial charge in [0.15, 0.2) is 5.82 Å². The van der Waals surface area contributed by atoms with Gasteiger partial charge in [-0.05, 0) is 25.5 Å². The van der Waals surface area contributed by atoms with E-state index in [1.54, 1.807) is 6.20 Å². The first kappa shape index (κ1) is 11.8. The minimum absolute atomic E-state index is 0.0792.